The van der Waals surface area contributed by atoms with Gasteiger partial charge in [-0.25, -0.2) is 0 Å². The molecule has 0 bridgehead atoms. The van der Waals surface area contributed by atoms with Crippen LogP contribution in [0.25, 0.3) is 10.9 Å². The molecule has 2 N–H and O–H groups in total. The number of nitrogens with one attached hydrogen (secondary N) is 2. The number of hydrogen-bond acceptors (Lipinski definition) is 1. The molecule has 1 atom stereocenters. The van der Waals surface area contributed by atoms with Gasteiger partial charge in [0.25, 0.3) is 0 Å². The Bertz CT molecular complexity index is 516. The second-order valence-corrected chi connectivity index (χ2v) is 5.85. The van der Waals surface area contributed by atoms with Crippen molar-refractivity contribution in [3.05, 3.63) is 35.0 Å². The van der Waals surface area contributed by atoms with Crippen LogP contribution in [0.2, 0.25) is 5.02 Å². The van der Waals surface area contributed by atoms with Gasteiger partial charge in [0.15, 0.2) is 0 Å². The second-order valence-electron chi connectivity index (χ2n) is 5.42. The van der Waals surface area contributed by atoms with E-state index >= 15 is 0 Å². The number of halogens is 1. The second kappa shape index (κ2) is 5.77. The average Bonchev–Trinajstić information content (AvgIpc) is 2.67. The maximum absolute atomic E-state index is 5.98. The molecule has 0 saturated carbocycles. The van der Waals surface area contributed by atoms with Crippen LogP contribution >= 0.6 is 11.6 Å². The number of rotatable bonds is 5. The van der Waals surface area contributed by atoms with Crippen LogP contribution in [0.3, 0.4) is 0 Å². The highest BCUT2D eigenvalue weighted by atomic mass is 35.5. The molecule has 0 fully saturated rings. The zero-order valence-corrected chi connectivity index (χ0v) is 12.0. The van der Waals surface area contributed by atoms with Gasteiger partial charge >= 0.3 is 0 Å². The molecule has 0 aliphatic rings. The molecule has 2 aromatic rings. The molecule has 98 valence electrons. The minimum Gasteiger partial charge on any atom is -0.361 e. The van der Waals surface area contributed by atoms with Crippen LogP contribution in [0.15, 0.2) is 24.4 Å². The number of fused-ring (bicyclic) bond motifs is 1. The SMILES string of the molecule is CC(C)CC(C)NCc1c[nH]c2cc(Cl)ccc12. The van der Waals surface area contributed by atoms with Gasteiger partial charge in [0.1, 0.15) is 0 Å². The van der Waals surface area contributed by atoms with E-state index in [9.17, 15) is 0 Å². The highest BCUT2D eigenvalue weighted by Crippen LogP contribution is 2.22. The monoisotopic (exact) mass is 264 g/mol. The Morgan fingerprint density at radius 2 is 2.06 bits per heavy atom. The van der Waals surface area contributed by atoms with Gasteiger partial charge in [-0.1, -0.05) is 31.5 Å². The fourth-order valence-corrected chi connectivity index (χ4v) is 2.55. The summed E-state index contributed by atoms with van der Waals surface area (Å²) in [6, 6.07) is 6.54. The molecule has 0 aliphatic heterocycles. The fraction of sp³-hybridized carbons (Fsp3) is 0.467. The molecule has 1 aromatic carbocycles. The first-order valence-electron chi connectivity index (χ1n) is 6.55. The van der Waals surface area contributed by atoms with E-state index < -0.39 is 0 Å². The van der Waals surface area contributed by atoms with E-state index in [-0.39, 0.29) is 0 Å². The van der Waals surface area contributed by atoms with Crippen molar-refractivity contribution in [2.45, 2.75) is 39.8 Å². The molecule has 2 rings (SSSR count). The normalized spacial score (nSPS) is 13.4. The zero-order valence-electron chi connectivity index (χ0n) is 11.3. The fourth-order valence-electron chi connectivity index (χ4n) is 2.38. The lowest BCUT2D eigenvalue weighted by atomic mass is 10.0. The van der Waals surface area contributed by atoms with Crippen molar-refractivity contribution in [1.82, 2.24) is 10.3 Å². The Kier molecular flexibility index (Phi) is 4.31. The van der Waals surface area contributed by atoms with Gasteiger partial charge in [-0.3, -0.25) is 0 Å². The summed E-state index contributed by atoms with van der Waals surface area (Å²) in [7, 11) is 0. The lowest BCUT2D eigenvalue weighted by molar-refractivity contribution is 0.442. The minimum absolute atomic E-state index is 0.544. The Hall–Kier alpha value is -0.990. The zero-order chi connectivity index (χ0) is 13.1. The van der Waals surface area contributed by atoms with Gasteiger partial charge in [0, 0.05) is 34.7 Å². The highest BCUT2D eigenvalue weighted by molar-refractivity contribution is 6.31. The van der Waals surface area contributed by atoms with Gasteiger partial charge in [-0.15, -0.1) is 0 Å². The van der Waals surface area contributed by atoms with Crippen LogP contribution in [-0.2, 0) is 6.54 Å². The first-order valence-corrected chi connectivity index (χ1v) is 6.93. The summed E-state index contributed by atoms with van der Waals surface area (Å²) in [5.41, 5.74) is 2.41. The predicted molar refractivity (Wildman–Crippen MR) is 79.1 cm³/mol. The van der Waals surface area contributed by atoms with E-state index in [1.165, 1.54) is 17.4 Å². The maximum atomic E-state index is 5.98. The highest BCUT2D eigenvalue weighted by Gasteiger charge is 2.07. The summed E-state index contributed by atoms with van der Waals surface area (Å²) in [4.78, 5) is 3.27. The van der Waals surface area contributed by atoms with Gasteiger partial charge in [-0.05, 0) is 37.0 Å². The Labute approximate surface area is 114 Å². The molecule has 1 aromatic heterocycles. The van der Waals surface area contributed by atoms with Crippen LogP contribution in [0.1, 0.15) is 32.8 Å². The molecule has 0 spiro atoms. The molecular weight excluding hydrogens is 244 g/mol. The van der Waals surface area contributed by atoms with Crippen LogP contribution < -0.4 is 5.32 Å². The summed E-state index contributed by atoms with van der Waals surface area (Å²) < 4.78 is 0. The van der Waals surface area contributed by atoms with E-state index in [2.05, 4.69) is 43.3 Å². The Balaban J connectivity index is 2.04. The summed E-state index contributed by atoms with van der Waals surface area (Å²) in [5, 5.41) is 5.60. The van der Waals surface area contributed by atoms with Crippen LogP contribution in [-0.4, -0.2) is 11.0 Å². The van der Waals surface area contributed by atoms with Crippen LogP contribution in [0.5, 0.6) is 0 Å². The summed E-state index contributed by atoms with van der Waals surface area (Å²) in [6.45, 7) is 7.65. The lowest BCUT2D eigenvalue weighted by Gasteiger charge is -2.15. The number of aromatic nitrogens is 1. The van der Waals surface area contributed by atoms with Gasteiger partial charge in [0.2, 0.25) is 0 Å². The average molecular weight is 265 g/mol. The van der Waals surface area contributed by atoms with Crippen molar-refractivity contribution in [3.8, 4) is 0 Å². The molecule has 0 aliphatic carbocycles. The molecule has 3 heteroatoms. The van der Waals surface area contributed by atoms with Crippen molar-refractivity contribution in [2.75, 3.05) is 0 Å². The van der Waals surface area contributed by atoms with E-state index in [0.29, 0.717) is 6.04 Å². The van der Waals surface area contributed by atoms with Crippen molar-refractivity contribution in [3.63, 3.8) is 0 Å². The van der Waals surface area contributed by atoms with Crippen molar-refractivity contribution in [1.29, 1.82) is 0 Å². The first kappa shape index (κ1) is 13.4. The summed E-state index contributed by atoms with van der Waals surface area (Å²) >= 11 is 5.98. The van der Waals surface area contributed by atoms with Crippen molar-refractivity contribution in [2.24, 2.45) is 5.92 Å². The summed E-state index contributed by atoms with van der Waals surface area (Å²) in [5.74, 6) is 0.731. The summed E-state index contributed by atoms with van der Waals surface area (Å²) in [6.07, 6.45) is 3.27. The molecule has 0 radical (unpaired) electrons. The predicted octanol–water partition coefficient (Wildman–Crippen LogP) is 4.35. The molecule has 2 nitrogen and oxygen atoms in total. The Morgan fingerprint density at radius 1 is 1.28 bits per heavy atom. The van der Waals surface area contributed by atoms with E-state index in [4.69, 9.17) is 11.6 Å². The number of H-pyrrole nitrogens is 1. The Morgan fingerprint density at radius 3 is 2.78 bits per heavy atom. The van der Waals surface area contributed by atoms with Gasteiger partial charge in [-0.2, -0.15) is 0 Å². The number of aromatic amines is 1. The van der Waals surface area contributed by atoms with Crippen molar-refractivity contribution < 1.29 is 0 Å². The third kappa shape index (κ3) is 3.27. The minimum atomic E-state index is 0.544. The van der Waals surface area contributed by atoms with Crippen LogP contribution in [0, 0.1) is 5.92 Å². The quantitative estimate of drug-likeness (QED) is 0.826. The first-order chi connectivity index (χ1) is 8.56. The molecule has 0 amide bonds. The smallest absolute Gasteiger partial charge is 0.0472 e. The standard InChI is InChI=1S/C15H21ClN2/c1-10(2)6-11(3)17-8-12-9-18-15-7-13(16)4-5-14(12)15/h4-5,7,9-11,17-18H,6,8H2,1-3H3. The molecule has 1 heterocycles. The molecule has 18 heavy (non-hydrogen) atoms. The van der Waals surface area contributed by atoms with Crippen molar-refractivity contribution >= 4 is 22.5 Å². The molecule has 1 unspecified atom stereocenters. The van der Waals surface area contributed by atoms with E-state index in [1.807, 2.05) is 12.1 Å². The largest absolute Gasteiger partial charge is 0.361 e. The van der Waals surface area contributed by atoms with E-state index in [1.54, 1.807) is 0 Å². The van der Waals surface area contributed by atoms with E-state index in [0.717, 1.165) is 23.0 Å². The number of benzene rings is 1. The molecular formula is C15H21ClN2. The third-order valence-corrected chi connectivity index (χ3v) is 3.43. The topological polar surface area (TPSA) is 27.8 Å². The third-order valence-electron chi connectivity index (χ3n) is 3.20. The van der Waals surface area contributed by atoms with Gasteiger partial charge < -0.3 is 10.3 Å². The number of hydrogen-bond donors (Lipinski definition) is 2. The van der Waals surface area contributed by atoms with Gasteiger partial charge in [0.05, 0.1) is 0 Å². The maximum Gasteiger partial charge on any atom is 0.0472 e. The molecule has 0 saturated heterocycles. The lowest BCUT2D eigenvalue weighted by Crippen LogP contribution is -2.26. The van der Waals surface area contributed by atoms with Crippen LogP contribution in [0.4, 0.5) is 0 Å².